The van der Waals surface area contributed by atoms with E-state index in [0.717, 1.165) is 40.5 Å². The van der Waals surface area contributed by atoms with Crippen LogP contribution in [0.5, 0.6) is 11.5 Å². The maximum Gasteiger partial charge on any atom is 0.191 e. The van der Waals surface area contributed by atoms with Gasteiger partial charge in [-0.15, -0.1) is 35.3 Å². The van der Waals surface area contributed by atoms with Crippen molar-refractivity contribution in [2.24, 2.45) is 4.99 Å². The minimum absolute atomic E-state index is 0. The third-order valence-corrected chi connectivity index (χ3v) is 5.48. The summed E-state index contributed by atoms with van der Waals surface area (Å²) in [6, 6.07) is 7.65. The molecule has 1 heterocycles. The van der Waals surface area contributed by atoms with E-state index in [4.69, 9.17) is 9.47 Å². The summed E-state index contributed by atoms with van der Waals surface area (Å²) in [6.07, 6.45) is 2.86. The van der Waals surface area contributed by atoms with Gasteiger partial charge in [-0.2, -0.15) is 0 Å². The van der Waals surface area contributed by atoms with E-state index in [-0.39, 0.29) is 30.1 Å². The van der Waals surface area contributed by atoms with Crippen molar-refractivity contribution in [1.82, 2.24) is 15.6 Å². The van der Waals surface area contributed by atoms with Gasteiger partial charge in [0.1, 0.15) is 10.4 Å². The molecule has 2 N–H and O–H groups in total. The molecule has 0 aliphatic heterocycles. The Bertz CT molecular complexity index is 671. The Morgan fingerprint density at radius 2 is 2.07 bits per heavy atom. The summed E-state index contributed by atoms with van der Waals surface area (Å²) in [5.41, 5.74) is 0. The summed E-state index contributed by atoms with van der Waals surface area (Å²) in [6.45, 7) is 3.52. The van der Waals surface area contributed by atoms with Crippen molar-refractivity contribution in [3.8, 4) is 11.5 Å². The molecule has 0 spiro atoms. The van der Waals surface area contributed by atoms with Crippen LogP contribution in [0.25, 0.3) is 0 Å². The molecule has 6 nitrogen and oxygen atoms in total. The Morgan fingerprint density at radius 3 is 2.74 bits per heavy atom. The van der Waals surface area contributed by atoms with Crippen LogP contribution in [-0.4, -0.2) is 50.0 Å². The second-order valence-electron chi connectivity index (χ2n) is 5.46. The minimum Gasteiger partial charge on any atom is -0.493 e. The summed E-state index contributed by atoms with van der Waals surface area (Å²) in [7, 11) is 3.41. The summed E-state index contributed by atoms with van der Waals surface area (Å²) in [4.78, 5) is 8.51. The molecular formula is C18H27IN4O2S2. The van der Waals surface area contributed by atoms with E-state index in [9.17, 15) is 0 Å². The molecule has 27 heavy (non-hydrogen) atoms. The average molecular weight is 522 g/mol. The molecule has 0 saturated heterocycles. The van der Waals surface area contributed by atoms with Gasteiger partial charge in [-0.25, -0.2) is 4.98 Å². The lowest BCUT2D eigenvalue weighted by atomic mass is 10.3. The monoisotopic (exact) mass is 522 g/mol. The Kier molecular flexibility index (Phi) is 12.3. The van der Waals surface area contributed by atoms with Crippen LogP contribution >= 0.6 is 47.1 Å². The predicted octanol–water partition coefficient (Wildman–Crippen LogP) is 3.88. The van der Waals surface area contributed by atoms with Gasteiger partial charge in [0.2, 0.25) is 0 Å². The van der Waals surface area contributed by atoms with Gasteiger partial charge in [0.15, 0.2) is 17.5 Å². The molecule has 2 aromatic rings. The molecule has 1 unspecified atom stereocenters. The molecule has 2 rings (SSSR count). The molecule has 1 aromatic carbocycles. The SMILES string of the molecule is CN=C(NCCCSc1nccs1)NCC(C)Oc1ccccc1OC.I. The molecule has 0 radical (unpaired) electrons. The van der Waals surface area contributed by atoms with Gasteiger partial charge in [0.25, 0.3) is 0 Å². The van der Waals surface area contributed by atoms with Crippen molar-refractivity contribution in [2.75, 3.05) is 33.0 Å². The van der Waals surface area contributed by atoms with Crippen LogP contribution < -0.4 is 20.1 Å². The smallest absolute Gasteiger partial charge is 0.191 e. The van der Waals surface area contributed by atoms with Crippen molar-refractivity contribution in [1.29, 1.82) is 0 Å². The molecule has 0 aliphatic carbocycles. The van der Waals surface area contributed by atoms with Crippen LogP contribution in [0.4, 0.5) is 0 Å². The van der Waals surface area contributed by atoms with Gasteiger partial charge in [0.05, 0.1) is 13.7 Å². The van der Waals surface area contributed by atoms with Gasteiger partial charge in [-0.05, 0) is 25.5 Å². The van der Waals surface area contributed by atoms with E-state index >= 15 is 0 Å². The van der Waals surface area contributed by atoms with Crippen LogP contribution in [0.2, 0.25) is 0 Å². The minimum atomic E-state index is -0.0229. The molecule has 1 atom stereocenters. The first-order valence-electron chi connectivity index (χ1n) is 8.49. The number of para-hydroxylation sites is 2. The number of guanidine groups is 1. The van der Waals surface area contributed by atoms with Crippen molar-refractivity contribution in [3.05, 3.63) is 35.8 Å². The Labute approximate surface area is 186 Å². The number of hydrogen-bond acceptors (Lipinski definition) is 6. The number of aromatic nitrogens is 1. The number of benzene rings is 1. The van der Waals surface area contributed by atoms with Crippen LogP contribution in [0, 0.1) is 0 Å². The summed E-state index contributed by atoms with van der Waals surface area (Å²) in [5, 5.41) is 8.61. The number of thioether (sulfide) groups is 1. The molecule has 9 heteroatoms. The molecule has 0 aliphatic rings. The molecule has 0 fully saturated rings. The lowest BCUT2D eigenvalue weighted by Gasteiger charge is -2.19. The van der Waals surface area contributed by atoms with E-state index in [2.05, 4.69) is 20.6 Å². The number of halogens is 1. The van der Waals surface area contributed by atoms with Crippen molar-refractivity contribution in [3.63, 3.8) is 0 Å². The van der Waals surface area contributed by atoms with Crippen LogP contribution in [-0.2, 0) is 0 Å². The molecule has 0 amide bonds. The maximum atomic E-state index is 5.94. The number of rotatable bonds is 10. The lowest BCUT2D eigenvalue weighted by Crippen LogP contribution is -2.42. The molecule has 1 aromatic heterocycles. The highest BCUT2D eigenvalue weighted by Crippen LogP contribution is 2.26. The summed E-state index contributed by atoms with van der Waals surface area (Å²) < 4.78 is 12.4. The van der Waals surface area contributed by atoms with Crippen LogP contribution in [0.3, 0.4) is 0 Å². The number of hydrogen-bond donors (Lipinski definition) is 2. The third-order valence-electron chi connectivity index (χ3n) is 3.43. The highest BCUT2D eigenvalue weighted by Gasteiger charge is 2.09. The number of methoxy groups -OCH3 is 1. The second-order valence-corrected chi connectivity index (χ2v) is 7.70. The number of ether oxygens (including phenoxy) is 2. The van der Waals surface area contributed by atoms with Gasteiger partial charge in [0, 0.05) is 30.9 Å². The normalized spacial score (nSPS) is 12.0. The first-order chi connectivity index (χ1) is 12.7. The second kappa shape index (κ2) is 13.9. The van der Waals surface area contributed by atoms with E-state index in [0.29, 0.717) is 6.54 Å². The highest BCUT2D eigenvalue weighted by molar-refractivity contribution is 14.0. The third kappa shape index (κ3) is 9.02. The Balaban J connectivity index is 0.00000364. The topological polar surface area (TPSA) is 67.8 Å². The number of thiazole rings is 1. The predicted molar refractivity (Wildman–Crippen MR) is 125 cm³/mol. The Morgan fingerprint density at radius 1 is 1.30 bits per heavy atom. The molecule has 150 valence electrons. The fourth-order valence-electron chi connectivity index (χ4n) is 2.16. The number of aliphatic imine (C=N–C) groups is 1. The number of nitrogens with one attached hydrogen (secondary N) is 2. The average Bonchev–Trinajstić information content (AvgIpc) is 3.18. The standard InChI is InChI=1S/C18H26N4O2S2.HI/c1-14(24-16-8-5-4-7-15(16)23-3)13-22-17(19-2)20-9-6-11-25-18-21-10-12-26-18;/h4-5,7-8,10,12,14H,6,9,11,13H2,1-3H3,(H2,19,20,22);1H. The highest BCUT2D eigenvalue weighted by atomic mass is 127. The largest absolute Gasteiger partial charge is 0.493 e. The van der Waals surface area contributed by atoms with Gasteiger partial charge < -0.3 is 20.1 Å². The zero-order chi connectivity index (χ0) is 18.6. The van der Waals surface area contributed by atoms with Crippen molar-refractivity contribution in [2.45, 2.75) is 23.8 Å². The zero-order valence-corrected chi connectivity index (χ0v) is 19.8. The fraction of sp³-hybridized carbons (Fsp3) is 0.444. The maximum absolute atomic E-state index is 5.94. The molecule has 0 bridgehead atoms. The molecular weight excluding hydrogens is 495 g/mol. The van der Waals surface area contributed by atoms with Crippen LogP contribution in [0.15, 0.2) is 45.2 Å². The quantitative estimate of drug-likeness (QED) is 0.162. The zero-order valence-electron chi connectivity index (χ0n) is 15.8. The first-order valence-corrected chi connectivity index (χ1v) is 10.4. The Hall–Kier alpha value is -1.20. The van der Waals surface area contributed by atoms with E-state index in [1.54, 1.807) is 37.3 Å². The van der Waals surface area contributed by atoms with Crippen molar-refractivity contribution < 1.29 is 9.47 Å². The first kappa shape index (κ1) is 23.8. The fourth-order valence-corrected chi connectivity index (χ4v) is 3.80. The summed E-state index contributed by atoms with van der Waals surface area (Å²) >= 11 is 3.46. The van der Waals surface area contributed by atoms with E-state index in [1.165, 1.54) is 0 Å². The van der Waals surface area contributed by atoms with Gasteiger partial charge in [-0.3, -0.25) is 4.99 Å². The van der Waals surface area contributed by atoms with Gasteiger partial charge in [-0.1, -0.05) is 23.9 Å². The number of nitrogens with zero attached hydrogens (tertiary/aromatic N) is 2. The van der Waals surface area contributed by atoms with E-state index < -0.39 is 0 Å². The molecule has 0 saturated carbocycles. The summed E-state index contributed by atoms with van der Waals surface area (Å²) in [5.74, 6) is 3.29. The van der Waals surface area contributed by atoms with Gasteiger partial charge >= 0.3 is 0 Å². The van der Waals surface area contributed by atoms with Crippen molar-refractivity contribution >= 4 is 53.0 Å². The van der Waals surface area contributed by atoms with Crippen LogP contribution in [0.1, 0.15) is 13.3 Å². The van der Waals surface area contributed by atoms with E-state index in [1.807, 2.05) is 42.8 Å². The lowest BCUT2D eigenvalue weighted by molar-refractivity contribution is 0.213.